The van der Waals surface area contributed by atoms with Gasteiger partial charge in [0.1, 0.15) is 0 Å². The number of carbonyl (C=O) groups excluding carboxylic acids is 1. The van der Waals surface area contributed by atoms with Crippen LogP contribution in [0.2, 0.25) is 0 Å². The van der Waals surface area contributed by atoms with Gasteiger partial charge in [0.2, 0.25) is 5.91 Å². The van der Waals surface area contributed by atoms with Crippen molar-refractivity contribution in [2.45, 2.75) is 58.0 Å². The van der Waals surface area contributed by atoms with Crippen LogP contribution >= 0.6 is 0 Å². The fourth-order valence-electron chi connectivity index (χ4n) is 3.27. The number of carbonyl (C=O) groups is 1. The van der Waals surface area contributed by atoms with E-state index in [1.807, 2.05) is 11.9 Å². The molecule has 1 N–H and O–H groups in total. The average Bonchev–Trinajstić information content (AvgIpc) is 2.30. The summed E-state index contributed by atoms with van der Waals surface area (Å²) in [4.78, 5) is 13.3. The number of likely N-dealkylation sites (tertiary alicyclic amines) is 1. The molecule has 1 amide bonds. The molecule has 2 aliphatic rings. The summed E-state index contributed by atoms with van der Waals surface area (Å²) >= 11 is 0. The number of piperidine rings is 1. The molecule has 0 radical (unpaired) electrons. The molecule has 1 aliphatic carbocycles. The molecule has 17 heavy (non-hydrogen) atoms. The fraction of sp³-hybridized carbons (Fsp3) is 0.929. The van der Waals surface area contributed by atoms with Crippen molar-refractivity contribution in [3.05, 3.63) is 0 Å². The Kier molecular flexibility index (Phi) is 4.08. The number of nitrogens with zero attached hydrogens (tertiary/aromatic N) is 1. The molecular weight excluding hydrogens is 212 g/mol. The zero-order valence-corrected chi connectivity index (χ0v) is 11.4. The van der Waals surface area contributed by atoms with Crippen molar-refractivity contribution in [2.75, 3.05) is 13.6 Å². The summed E-state index contributed by atoms with van der Waals surface area (Å²) in [5.74, 6) is 1.91. The van der Waals surface area contributed by atoms with Gasteiger partial charge in [-0.3, -0.25) is 4.79 Å². The van der Waals surface area contributed by atoms with Crippen LogP contribution in [-0.2, 0) is 4.79 Å². The number of hydrogen-bond acceptors (Lipinski definition) is 2. The molecule has 1 aliphatic heterocycles. The van der Waals surface area contributed by atoms with E-state index in [4.69, 9.17) is 0 Å². The van der Waals surface area contributed by atoms with E-state index in [0.29, 0.717) is 24.4 Å². The van der Waals surface area contributed by atoms with Crippen molar-refractivity contribution in [1.82, 2.24) is 10.2 Å². The molecule has 0 aromatic rings. The van der Waals surface area contributed by atoms with Crippen LogP contribution in [0.3, 0.4) is 0 Å². The van der Waals surface area contributed by atoms with Gasteiger partial charge in [-0.2, -0.15) is 0 Å². The van der Waals surface area contributed by atoms with Crippen molar-refractivity contribution in [3.8, 4) is 0 Å². The molecule has 4 unspecified atom stereocenters. The standard InChI is InChI=1S/C14H26N2O/c1-10-5-4-6-13(11(10)2)15-12-7-8-14(17)16(3)9-12/h10-13,15H,4-9H2,1-3H3. The fourth-order valence-corrected chi connectivity index (χ4v) is 3.27. The van der Waals surface area contributed by atoms with Crippen LogP contribution in [0.4, 0.5) is 0 Å². The van der Waals surface area contributed by atoms with Gasteiger partial charge in [0.15, 0.2) is 0 Å². The van der Waals surface area contributed by atoms with Gasteiger partial charge in [0.05, 0.1) is 0 Å². The van der Waals surface area contributed by atoms with E-state index >= 15 is 0 Å². The first-order valence-electron chi connectivity index (χ1n) is 7.08. The second kappa shape index (κ2) is 5.38. The summed E-state index contributed by atoms with van der Waals surface area (Å²) in [6.07, 6.45) is 5.76. The number of hydrogen-bond donors (Lipinski definition) is 1. The highest BCUT2D eigenvalue weighted by Gasteiger charge is 2.30. The van der Waals surface area contributed by atoms with E-state index in [1.165, 1.54) is 19.3 Å². The minimum absolute atomic E-state index is 0.299. The zero-order chi connectivity index (χ0) is 12.4. The Labute approximate surface area is 105 Å². The minimum Gasteiger partial charge on any atom is -0.344 e. The van der Waals surface area contributed by atoms with E-state index in [1.54, 1.807) is 0 Å². The maximum atomic E-state index is 11.4. The van der Waals surface area contributed by atoms with Crippen molar-refractivity contribution in [2.24, 2.45) is 11.8 Å². The Morgan fingerprint density at radius 1 is 1.24 bits per heavy atom. The highest BCUT2D eigenvalue weighted by molar-refractivity contribution is 5.76. The van der Waals surface area contributed by atoms with E-state index in [9.17, 15) is 4.79 Å². The van der Waals surface area contributed by atoms with E-state index < -0.39 is 0 Å². The quantitative estimate of drug-likeness (QED) is 0.798. The molecule has 1 saturated heterocycles. The van der Waals surface area contributed by atoms with Gasteiger partial charge in [-0.25, -0.2) is 0 Å². The smallest absolute Gasteiger partial charge is 0.222 e. The Hall–Kier alpha value is -0.570. The highest BCUT2D eigenvalue weighted by atomic mass is 16.2. The molecule has 4 atom stereocenters. The number of amides is 1. The first-order valence-corrected chi connectivity index (χ1v) is 7.08. The van der Waals surface area contributed by atoms with Gasteiger partial charge in [-0.1, -0.05) is 26.7 Å². The molecule has 98 valence electrons. The molecule has 0 aromatic heterocycles. The van der Waals surface area contributed by atoms with Gasteiger partial charge in [-0.15, -0.1) is 0 Å². The predicted molar refractivity (Wildman–Crippen MR) is 69.8 cm³/mol. The third-order valence-corrected chi connectivity index (χ3v) is 4.78. The van der Waals surface area contributed by atoms with Crippen LogP contribution in [0.1, 0.15) is 46.0 Å². The molecule has 0 bridgehead atoms. The highest BCUT2D eigenvalue weighted by Crippen LogP contribution is 2.30. The average molecular weight is 238 g/mol. The maximum Gasteiger partial charge on any atom is 0.222 e. The normalized spacial score (nSPS) is 39.5. The van der Waals surface area contributed by atoms with E-state index in [-0.39, 0.29) is 0 Å². The third kappa shape index (κ3) is 3.01. The maximum absolute atomic E-state index is 11.4. The number of rotatable bonds is 2. The molecule has 1 heterocycles. The summed E-state index contributed by atoms with van der Waals surface area (Å²) in [5.41, 5.74) is 0. The lowest BCUT2D eigenvalue weighted by Gasteiger charge is -2.39. The summed E-state index contributed by atoms with van der Waals surface area (Å²) in [6.45, 7) is 5.63. The first-order chi connectivity index (χ1) is 8.08. The third-order valence-electron chi connectivity index (χ3n) is 4.78. The van der Waals surface area contributed by atoms with Crippen molar-refractivity contribution >= 4 is 5.91 Å². The lowest BCUT2D eigenvalue weighted by atomic mass is 9.77. The largest absolute Gasteiger partial charge is 0.344 e. The zero-order valence-electron chi connectivity index (χ0n) is 11.4. The molecule has 0 aromatic carbocycles. The topological polar surface area (TPSA) is 32.3 Å². The van der Waals surface area contributed by atoms with Crippen LogP contribution in [0.5, 0.6) is 0 Å². The Morgan fingerprint density at radius 3 is 2.71 bits per heavy atom. The first kappa shape index (κ1) is 12.9. The predicted octanol–water partition coefficient (Wildman–Crippen LogP) is 2.02. The van der Waals surface area contributed by atoms with Crippen LogP contribution in [-0.4, -0.2) is 36.5 Å². The Morgan fingerprint density at radius 2 is 2.00 bits per heavy atom. The second-order valence-electron chi connectivity index (χ2n) is 6.05. The van der Waals surface area contributed by atoms with Crippen molar-refractivity contribution in [1.29, 1.82) is 0 Å². The van der Waals surface area contributed by atoms with Crippen molar-refractivity contribution in [3.63, 3.8) is 0 Å². The Balaban J connectivity index is 1.86. The number of likely N-dealkylation sites (N-methyl/N-ethyl adjacent to an activating group) is 1. The summed E-state index contributed by atoms with van der Waals surface area (Å²) in [6, 6.07) is 1.17. The van der Waals surface area contributed by atoms with Gasteiger partial charge < -0.3 is 10.2 Å². The van der Waals surface area contributed by atoms with Gasteiger partial charge in [0.25, 0.3) is 0 Å². The molecule has 2 rings (SSSR count). The van der Waals surface area contributed by atoms with Crippen LogP contribution in [0, 0.1) is 11.8 Å². The van der Waals surface area contributed by atoms with E-state index in [0.717, 1.165) is 24.8 Å². The SMILES string of the molecule is CC1CCCC(NC2CCC(=O)N(C)C2)C1C. The van der Waals surface area contributed by atoms with Crippen LogP contribution in [0.15, 0.2) is 0 Å². The second-order valence-corrected chi connectivity index (χ2v) is 6.05. The monoisotopic (exact) mass is 238 g/mol. The van der Waals surface area contributed by atoms with Gasteiger partial charge in [0, 0.05) is 32.1 Å². The summed E-state index contributed by atoms with van der Waals surface area (Å²) in [7, 11) is 1.92. The van der Waals surface area contributed by atoms with Gasteiger partial charge in [-0.05, 0) is 24.7 Å². The van der Waals surface area contributed by atoms with Crippen LogP contribution < -0.4 is 5.32 Å². The van der Waals surface area contributed by atoms with Crippen LogP contribution in [0.25, 0.3) is 0 Å². The molecule has 0 spiro atoms. The number of nitrogens with one attached hydrogen (secondary N) is 1. The van der Waals surface area contributed by atoms with Crippen molar-refractivity contribution < 1.29 is 4.79 Å². The molecular formula is C14H26N2O. The minimum atomic E-state index is 0.299. The summed E-state index contributed by atoms with van der Waals surface area (Å²) in [5, 5.41) is 3.80. The molecule has 2 fully saturated rings. The lowest BCUT2D eigenvalue weighted by molar-refractivity contribution is -0.132. The summed E-state index contributed by atoms with van der Waals surface area (Å²) < 4.78 is 0. The Bertz CT molecular complexity index is 279. The van der Waals surface area contributed by atoms with E-state index in [2.05, 4.69) is 19.2 Å². The molecule has 3 nitrogen and oxygen atoms in total. The molecule has 1 saturated carbocycles. The lowest BCUT2D eigenvalue weighted by Crippen LogP contribution is -2.52. The molecule has 3 heteroatoms. The van der Waals surface area contributed by atoms with Gasteiger partial charge >= 0.3 is 0 Å².